The van der Waals surface area contributed by atoms with Crippen LogP contribution in [0.2, 0.25) is 0 Å². The van der Waals surface area contributed by atoms with Crippen molar-refractivity contribution in [1.82, 2.24) is 0 Å². The summed E-state index contributed by atoms with van der Waals surface area (Å²) in [6.07, 6.45) is -0.622. The maximum atomic E-state index is 11.1. The zero-order valence-electron chi connectivity index (χ0n) is 8.35. The van der Waals surface area contributed by atoms with Gasteiger partial charge in [0.1, 0.15) is 4.61 Å². The predicted octanol–water partition coefficient (Wildman–Crippen LogP) is 1.40. The molecule has 3 N–H and O–H groups in total. The standard InChI is InChI=1S/C5H13IO8P2/c1-5(7)2-3-12-15(8,9)14-16(10,11)13-4-6/h5,7H,2-4H2,1H3,(H,8,9)(H,10,11). The third-order valence-electron chi connectivity index (χ3n) is 1.21. The number of aliphatic hydroxyl groups is 1. The van der Waals surface area contributed by atoms with Gasteiger partial charge in [0.15, 0.2) is 0 Å². The molecule has 0 fully saturated rings. The molecule has 11 heteroatoms. The summed E-state index contributed by atoms with van der Waals surface area (Å²) < 4.78 is 34.4. The van der Waals surface area contributed by atoms with E-state index in [2.05, 4.69) is 13.4 Å². The molecular formula is C5H13IO8P2. The van der Waals surface area contributed by atoms with Crippen LogP contribution in [0.3, 0.4) is 0 Å². The lowest BCUT2D eigenvalue weighted by Crippen LogP contribution is -2.05. The van der Waals surface area contributed by atoms with Crippen LogP contribution < -0.4 is 0 Å². The van der Waals surface area contributed by atoms with Crippen LogP contribution in [0.4, 0.5) is 0 Å². The second kappa shape index (κ2) is 7.40. The number of phosphoric acid groups is 2. The zero-order chi connectivity index (χ0) is 12.8. The van der Waals surface area contributed by atoms with Gasteiger partial charge in [-0.1, -0.05) is 22.6 Å². The van der Waals surface area contributed by atoms with E-state index in [1.165, 1.54) is 6.92 Å². The molecule has 0 spiro atoms. The Morgan fingerprint density at radius 3 is 2.19 bits per heavy atom. The van der Waals surface area contributed by atoms with Crippen molar-refractivity contribution in [3.05, 3.63) is 0 Å². The van der Waals surface area contributed by atoms with E-state index in [1.807, 2.05) is 0 Å². The molecule has 0 heterocycles. The quantitative estimate of drug-likeness (QED) is 0.323. The summed E-state index contributed by atoms with van der Waals surface area (Å²) in [5, 5.41) is 8.84. The normalized spacial score (nSPS) is 21.1. The van der Waals surface area contributed by atoms with Gasteiger partial charge >= 0.3 is 15.6 Å². The first-order chi connectivity index (χ1) is 7.18. The van der Waals surface area contributed by atoms with E-state index in [4.69, 9.17) is 14.9 Å². The molecule has 0 saturated heterocycles. The average Bonchev–Trinajstić information content (AvgIpc) is 1.99. The van der Waals surface area contributed by atoms with Gasteiger partial charge in [0.2, 0.25) is 0 Å². The second-order valence-electron chi connectivity index (χ2n) is 2.73. The fourth-order valence-electron chi connectivity index (χ4n) is 0.578. The van der Waals surface area contributed by atoms with E-state index in [1.54, 1.807) is 22.6 Å². The van der Waals surface area contributed by atoms with Crippen LogP contribution in [0.15, 0.2) is 0 Å². The van der Waals surface area contributed by atoms with Crippen molar-refractivity contribution in [2.24, 2.45) is 0 Å². The Hall–Kier alpha value is 0.950. The molecule has 3 unspecified atom stereocenters. The number of alkyl halides is 1. The molecule has 0 bridgehead atoms. The highest BCUT2D eigenvalue weighted by molar-refractivity contribution is 14.1. The van der Waals surface area contributed by atoms with E-state index >= 15 is 0 Å². The Bertz CT molecular complexity index is 294. The summed E-state index contributed by atoms with van der Waals surface area (Å²) in [7, 11) is -9.24. The zero-order valence-corrected chi connectivity index (χ0v) is 12.3. The summed E-state index contributed by atoms with van der Waals surface area (Å²) in [4.78, 5) is 17.9. The first-order valence-corrected chi connectivity index (χ1v) is 8.60. The van der Waals surface area contributed by atoms with Crippen molar-refractivity contribution in [2.75, 3.05) is 11.2 Å². The van der Waals surface area contributed by atoms with Gasteiger partial charge in [-0.25, -0.2) is 9.13 Å². The van der Waals surface area contributed by atoms with Crippen molar-refractivity contribution in [3.8, 4) is 0 Å². The van der Waals surface area contributed by atoms with Gasteiger partial charge in [-0.15, -0.1) is 0 Å². The summed E-state index contributed by atoms with van der Waals surface area (Å²) in [6, 6.07) is 0. The van der Waals surface area contributed by atoms with Gasteiger partial charge in [0, 0.05) is 0 Å². The summed E-state index contributed by atoms with van der Waals surface area (Å²) >= 11 is 1.62. The van der Waals surface area contributed by atoms with Crippen molar-refractivity contribution >= 4 is 38.2 Å². The van der Waals surface area contributed by atoms with Gasteiger partial charge in [-0.05, 0) is 13.3 Å². The molecule has 0 aromatic rings. The summed E-state index contributed by atoms with van der Waals surface area (Å²) in [6.45, 7) is 1.18. The number of aliphatic hydroxyl groups excluding tert-OH is 1. The number of hydrogen-bond donors (Lipinski definition) is 3. The highest BCUT2D eigenvalue weighted by Gasteiger charge is 2.34. The van der Waals surface area contributed by atoms with Crippen LogP contribution in [0.5, 0.6) is 0 Å². The predicted molar refractivity (Wildman–Crippen MR) is 63.0 cm³/mol. The van der Waals surface area contributed by atoms with Gasteiger partial charge in [0.25, 0.3) is 0 Å². The van der Waals surface area contributed by atoms with Crippen LogP contribution in [0.1, 0.15) is 13.3 Å². The fraction of sp³-hybridized carbons (Fsp3) is 1.00. The molecule has 16 heavy (non-hydrogen) atoms. The largest absolute Gasteiger partial charge is 0.481 e. The van der Waals surface area contributed by atoms with Crippen LogP contribution >= 0.6 is 38.2 Å². The van der Waals surface area contributed by atoms with Gasteiger partial charge in [-0.2, -0.15) is 4.31 Å². The topological polar surface area (TPSA) is 123 Å². The lowest BCUT2D eigenvalue weighted by Gasteiger charge is -2.15. The minimum Gasteiger partial charge on any atom is -0.393 e. The first kappa shape index (κ1) is 16.9. The Labute approximate surface area is 106 Å². The van der Waals surface area contributed by atoms with Crippen molar-refractivity contribution in [3.63, 3.8) is 0 Å². The van der Waals surface area contributed by atoms with Gasteiger partial charge < -0.3 is 14.9 Å². The summed E-state index contributed by atoms with van der Waals surface area (Å²) in [5.74, 6) is 0. The maximum Gasteiger partial charge on any atom is 0.481 e. The Morgan fingerprint density at radius 2 is 1.75 bits per heavy atom. The minimum atomic E-state index is -4.65. The van der Waals surface area contributed by atoms with E-state index in [-0.39, 0.29) is 17.6 Å². The molecule has 98 valence electrons. The van der Waals surface area contributed by atoms with E-state index < -0.39 is 21.7 Å². The molecule has 3 atom stereocenters. The number of rotatable bonds is 8. The van der Waals surface area contributed by atoms with Crippen molar-refractivity contribution in [1.29, 1.82) is 0 Å². The average molecular weight is 390 g/mol. The molecule has 0 radical (unpaired) electrons. The number of phosphoric ester groups is 2. The highest BCUT2D eigenvalue weighted by atomic mass is 127. The number of halogens is 1. The molecule has 0 saturated carbocycles. The van der Waals surface area contributed by atoms with Gasteiger partial charge in [0.05, 0.1) is 12.7 Å². The molecule has 0 aliphatic carbocycles. The lowest BCUT2D eigenvalue weighted by atomic mass is 10.3. The SMILES string of the molecule is CC(O)CCOP(=O)(O)OP(=O)(O)OCI. The van der Waals surface area contributed by atoms with E-state index in [0.29, 0.717) is 0 Å². The highest BCUT2D eigenvalue weighted by Crippen LogP contribution is 2.60. The third kappa shape index (κ3) is 9.03. The fourth-order valence-corrected chi connectivity index (χ4v) is 3.51. The van der Waals surface area contributed by atoms with Crippen LogP contribution in [-0.2, 0) is 22.5 Å². The summed E-state index contributed by atoms with van der Waals surface area (Å²) in [5.41, 5.74) is 0. The molecular weight excluding hydrogens is 377 g/mol. The van der Waals surface area contributed by atoms with Gasteiger partial charge in [-0.3, -0.25) is 9.05 Å². The van der Waals surface area contributed by atoms with Crippen molar-refractivity contribution < 1.29 is 37.4 Å². The molecule has 0 rings (SSSR count). The molecule has 8 nitrogen and oxygen atoms in total. The Balaban J connectivity index is 4.14. The van der Waals surface area contributed by atoms with E-state index in [9.17, 15) is 9.13 Å². The van der Waals surface area contributed by atoms with E-state index in [0.717, 1.165) is 0 Å². The lowest BCUT2D eigenvalue weighted by molar-refractivity contribution is 0.129. The number of hydrogen-bond acceptors (Lipinski definition) is 6. The maximum absolute atomic E-state index is 11.1. The molecule has 0 aliphatic heterocycles. The minimum absolute atomic E-state index is 0.0940. The Kier molecular flexibility index (Phi) is 7.84. The second-order valence-corrected chi connectivity index (χ2v) is 6.39. The van der Waals surface area contributed by atoms with Crippen LogP contribution in [0.25, 0.3) is 0 Å². The molecule has 0 aliphatic rings. The van der Waals surface area contributed by atoms with Crippen molar-refractivity contribution in [2.45, 2.75) is 19.4 Å². The molecule has 0 aromatic carbocycles. The first-order valence-electron chi connectivity index (χ1n) is 4.08. The van der Waals surface area contributed by atoms with Crippen LogP contribution in [0, 0.1) is 0 Å². The Morgan fingerprint density at radius 1 is 1.25 bits per heavy atom. The van der Waals surface area contributed by atoms with Crippen LogP contribution in [-0.4, -0.2) is 32.2 Å². The molecule has 0 amide bonds. The monoisotopic (exact) mass is 390 g/mol. The molecule has 0 aromatic heterocycles. The third-order valence-corrected chi connectivity index (χ3v) is 4.63. The smallest absolute Gasteiger partial charge is 0.393 e.